The van der Waals surface area contributed by atoms with Gasteiger partial charge in [0.05, 0.1) is 6.54 Å². The van der Waals surface area contributed by atoms with E-state index in [1.54, 1.807) is 0 Å². The lowest BCUT2D eigenvalue weighted by Gasteiger charge is -2.36. The summed E-state index contributed by atoms with van der Waals surface area (Å²) in [7, 11) is 0. The number of ether oxygens (including phenoxy) is 1. The Morgan fingerprint density at radius 2 is 1.83 bits per heavy atom. The Kier molecular flexibility index (Phi) is 3.96. The number of carbonyl (C=O) groups excluding carboxylic acids is 1. The number of halogens is 3. The summed E-state index contributed by atoms with van der Waals surface area (Å²) in [5.74, 6) is 0. The first kappa shape index (κ1) is 13.4. The summed E-state index contributed by atoms with van der Waals surface area (Å²) >= 11 is 0. The van der Waals surface area contributed by atoms with Crippen molar-refractivity contribution in [1.82, 2.24) is 15.1 Å². The van der Waals surface area contributed by atoms with E-state index in [4.69, 9.17) is 4.74 Å². The molecule has 2 heterocycles. The van der Waals surface area contributed by atoms with Gasteiger partial charge in [0.25, 0.3) is 0 Å². The van der Waals surface area contributed by atoms with Crippen molar-refractivity contribution in [2.75, 3.05) is 45.8 Å². The Morgan fingerprint density at radius 3 is 2.28 bits per heavy atom. The topological polar surface area (TPSA) is 44.8 Å². The minimum atomic E-state index is -4.18. The van der Waals surface area contributed by atoms with Crippen LogP contribution in [0.2, 0.25) is 0 Å². The van der Waals surface area contributed by atoms with Gasteiger partial charge in [0.1, 0.15) is 6.10 Å². The number of alkyl halides is 3. The first-order valence-corrected chi connectivity index (χ1v) is 5.89. The fraction of sp³-hybridized carbons (Fsp3) is 0.900. The third-order valence-corrected chi connectivity index (χ3v) is 3.04. The van der Waals surface area contributed by atoms with Crippen LogP contribution >= 0.6 is 0 Å². The Bertz CT molecular complexity index is 299. The van der Waals surface area contributed by atoms with E-state index in [9.17, 15) is 18.0 Å². The van der Waals surface area contributed by atoms with Crippen LogP contribution in [0, 0.1) is 0 Å². The van der Waals surface area contributed by atoms with E-state index in [0.717, 1.165) is 0 Å². The molecule has 2 rings (SSSR count). The molecule has 2 aliphatic rings. The molecule has 0 unspecified atom stereocenters. The molecule has 104 valence electrons. The highest BCUT2D eigenvalue weighted by Crippen LogP contribution is 2.17. The number of hydrogen-bond acceptors (Lipinski definition) is 4. The largest absolute Gasteiger partial charge is 0.443 e. The van der Waals surface area contributed by atoms with Gasteiger partial charge in [0.2, 0.25) is 0 Å². The molecule has 2 aliphatic heterocycles. The van der Waals surface area contributed by atoms with Crippen LogP contribution in [0.4, 0.5) is 18.0 Å². The number of piperazine rings is 1. The molecule has 1 amide bonds. The van der Waals surface area contributed by atoms with E-state index in [0.29, 0.717) is 13.1 Å². The van der Waals surface area contributed by atoms with Gasteiger partial charge in [-0.05, 0) is 0 Å². The molecule has 5 nitrogen and oxygen atoms in total. The lowest BCUT2D eigenvalue weighted by atomic mass is 10.2. The predicted molar refractivity (Wildman–Crippen MR) is 57.2 cm³/mol. The first-order valence-electron chi connectivity index (χ1n) is 5.89. The average molecular weight is 267 g/mol. The maximum absolute atomic E-state index is 12.2. The van der Waals surface area contributed by atoms with Crippen molar-refractivity contribution >= 4 is 6.09 Å². The predicted octanol–water partition coefficient (Wildman–Crippen LogP) is 0.275. The highest BCUT2D eigenvalue weighted by atomic mass is 19.4. The molecule has 18 heavy (non-hydrogen) atoms. The van der Waals surface area contributed by atoms with Crippen LogP contribution in [0.25, 0.3) is 0 Å². The van der Waals surface area contributed by atoms with Crippen molar-refractivity contribution in [2.45, 2.75) is 12.3 Å². The van der Waals surface area contributed by atoms with Crippen LogP contribution in [0.1, 0.15) is 0 Å². The summed E-state index contributed by atoms with van der Waals surface area (Å²) in [5, 5.41) is 2.97. The van der Waals surface area contributed by atoms with Gasteiger partial charge >= 0.3 is 12.3 Å². The smallest absolute Gasteiger partial charge is 0.410 e. The highest BCUT2D eigenvalue weighted by Gasteiger charge is 2.33. The van der Waals surface area contributed by atoms with E-state index < -0.39 is 18.8 Å². The quantitative estimate of drug-likeness (QED) is 0.780. The summed E-state index contributed by atoms with van der Waals surface area (Å²) in [5.41, 5.74) is 0. The zero-order valence-electron chi connectivity index (χ0n) is 9.87. The lowest BCUT2D eigenvalue weighted by molar-refractivity contribution is -0.148. The fourth-order valence-electron chi connectivity index (χ4n) is 1.90. The molecule has 0 saturated carbocycles. The maximum Gasteiger partial charge on any atom is 0.410 e. The van der Waals surface area contributed by atoms with Crippen molar-refractivity contribution in [1.29, 1.82) is 0 Å². The second-order valence-electron chi connectivity index (χ2n) is 4.54. The van der Waals surface area contributed by atoms with Crippen molar-refractivity contribution in [2.24, 2.45) is 0 Å². The summed E-state index contributed by atoms with van der Waals surface area (Å²) in [6, 6.07) is 0. The van der Waals surface area contributed by atoms with Crippen molar-refractivity contribution in [3.8, 4) is 0 Å². The number of amides is 1. The van der Waals surface area contributed by atoms with Gasteiger partial charge in [-0.1, -0.05) is 0 Å². The van der Waals surface area contributed by atoms with E-state index in [1.807, 2.05) is 0 Å². The molecule has 8 heteroatoms. The van der Waals surface area contributed by atoms with Gasteiger partial charge in [0.15, 0.2) is 0 Å². The SMILES string of the molecule is O=C(OC1CNC1)N1CCN(CC(F)(F)F)CC1. The molecule has 1 N–H and O–H groups in total. The van der Waals surface area contributed by atoms with E-state index >= 15 is 0 Å². The lowest BCUT2D eigenvalue weighted by Crippen LogP contribution is -2.54. The third-order valence-electron chi connectivity index (χ3n) is 3.04. The van der Waals surface area contributed by atoms with E-state index in [-0.39, 0.29) is 32.3 Å². The second-order valence-corrected chi connectivity index (χ2v) is 4.54. The molecule has 0 radical (unpaired) electrons. The standard InChI is InChI=1S/C10H16F3N3O2/c11-10(12,13)7-15-1-3-16(4-2-15)9(17)18-8-5-14-6-8/h8,14H,1-7H2. The molecule has 0 aromatic carbocycles. The second kappa shape index (κ2) is 5.31. The number of carbonyl (C=O) groups is 1. The zero-order chi connectivity index (χ0) is 13.2. The van der Waals surface area contributed by atoms with E-state index in [2.05, 4.69) is 5.32 Å². The van der Waals surface area contributed by atoms with E-state index in [1.165, 1.54) is 9.80 Å². The maximum atomic E-state index is 12.2. The monoisotopic (exact) mass is 267 g/mol. The Balaban J connectivity index is 1.70. The molecule has 0 bridgehead atoms. The molecule has 0 atom stereocenters. The molecule has 0 aliphatic carbocycles. The number of nitrogens with zero attached hydrogens (tertiary/aromatic N) is 2. The molecular weight excluding hydrogens is 251 g/mol. The number of rotatable bonds is 2. The highest BCUT2D eigenvalue weighted by molar-refractivity contribution is 5.68. The van der Waals surface area contributed by atoms with Crippen LogP contribution in [-0.2, 0) is 4.74 Å². The van der Waals surface area contributed by atoms with Crippen LogP contribution < -0.4 is 5.32 Å². The van der Waals surface area contributed by atoms with Crippen molar-refractivity contribution in [3.63, 3.8) is 0 Å². The minimum absolute atomic E-state index is 0.0919. The minimum Gasteiger partial charge on any atom is -0.443 e. The number of nitrogens with one attached hydrogen (secondary N) is 1. The molecule has 2 saturated heterocycles. The zero-order valence-corrected chi connectivity index (χ0v) is 9.87. The van der Waals surface area contributed by atoms with Crippen LogP contribution in [0.3, 0.4) is 0 Å². The van der Waals surface area contributed by atoms with Crippen molar-refractivity contribution in [3.05, 3.63) is 0 Å². The van der Waals surface area contributed by atoms with Gasteiger partial charge in [-0.25, -0.2) is 4.79 Å². The van der Waals surface area contributed by atoms with Gasteiger partial charge in [0, 0.05) is 39.3 Å². The number of hydrogen-bond donors (Lipinski definition) is 1. The van der Waals surface area contributed by atoms with Gasteiger partial charge < -0.3 is 15.0 Å². The summed E-state index contributed by atoms with van der Waals surface area (Å²) in [4.78, 5) is 14.4. The first-order chi connectivity index (χ1) is 8.44. The molecule has 0 aromatic rings. The average Bonchev–Trinajstić information content (AvgIpc) is 2.22. The van der Waals surface area contributed by atoms with Crippen LogP contribution in [0.5, 0.6) is 0 Å². The summed E-state index contributed by atoms with van der Waals surface area (Å²) < 4.78 is 41.6. The van der Waals surface area contributed by atoms with Crippen LogP contribution in [-0.4, -0.2) is 74.0 Å². The normalized spacial score (nSPS) is 22.7. The summed E-state index contributed by atoms with van der Waals surface area (Å²) in [6.45, 7) is 1.43. The van der Waals surface area contributed by atoms with Gasteiger partial charge in [-0.15, -0.1) is 0 Å². The Labute approximate surface area is 103 Å². The van der Waals surface area contributed by atoms with Gasteiger partial charge in [-0.3, -0.25) is 4.90 Å². The van der Waals surface area contributed by atoms with Crippen LogP contribution in [0.15, 0.2) is 0 Å². The molecule has 2 fully saturated rings. The molecule has 0 spiro atoms. The Hall–Kier alpha value is -1.02. The fourth-order valence-corrected chi connectivity index (χ4v) is 1.90. The Morgan fingerprint density at radius 1 is 1.22 bits per heavy atom. The third kappa shape index (κ3) is 3.74. The van der Waals surface area contributed by atoms with Gasteiger partial charge in [-0.2, -0.15) is 13.2 Å². The molecule has 0 aromatic heterocycles. The van der Waals surface area contributed by atoms with Crippen molar-refractivity contribution < 1.29 is 22.7 Å². The summed E-state index contributed by atoms with van der Waals surface area (Å²) in [6.07, 6.45) is -4.70. The molecular formula is C10H16F3N3O2.